The molecule has 2 aromatic rings. The summed E-state index contributed by atoms with van der Waals surface area (Å²) < 4.78 is 0. The Hall–Kier alpha value is -2.04. The zero-order valence-corrected chi connectivity index (χ0v) is 12.2. The molecule has 5 heteroatoms. The number of amides is 1. The van der Waals surface area contributed by atoms with E-state index in [1.807, 2.05) is 30.3 Å². The number of carbonyl (C=O) groups excluding carboxylic acids is 1. The number of halogens is 1. The number of carbonyl (C=O) groups is 1. The van der Waals surface area contributed by atoms with Crippen LogP contribution in [0.25, 0.3) is 0 Å². The van der Waals surface area contributed by atoms with E-state index in [2.05, 4.69) is 5.32 Å². The molecule has 0 saturated carbocycles. The van der Waals surface area contributed by atoms with Gasteiger partial charge < -0.3 is 16.2 Å². The maximum Gasteiger partial charge on any atom is 0.241 e. The first-order chi connectivity index (χ1) is 10.1. The summed E-state index contributed by atoms with van der Waals surface area (Å²) in [5, 5.41) is 12.2. The first-order valence-electron chi connectivity index (χ1n) is 6.65. The van der Waals surface area contributed by atoms with Crippen LogP contribution in [0.3, 0.4) is 0 Å². The predicted molar refractivity (Wildman–Crippen MR) is 84.5 cm³/mol. The average Bonchev–Trinajstić information content (AvgIpc) is 2.49. The van der Waals surface area contributed by atoms with Gasteiger partial charge in [-0.15, -0.1) is 0 Å². The van der Waals surface area contributed by atoms with E-state index in [1.54, 1.807) is 6.07 Å². The Morgan fingerprint density at radius 3 is 2.62 bits per heavy atom. The van der Waals surface area contributed by atoms with Crippen LogP contribution in [0.15, 0.2) is 48.5 Å². The Morgan fingerprint density at radius 1 is 1.24 bits per heavy atom. The van der Waals surface area contributed by atoms with Gasteiger partial charge in [-0.2, -0.15) is 0 Å². The van der Waals surface area contributed by atoms with E-state index in [0.29, 0.717) is 12.1 Å². The van der Waals surface area contributed by atoms with Crippen LogP contribution < -0.4 is 11.1 Å². The summed E-state index contributed by atoms with van der Waals surface area (Å²) in [5.74, 6) is -0.296. The van der Waals surface area contributed by atoms with E-state index in [4.69, 9.17) is 17.3 Å². The first-order valence-corrected chi connectivity index (χ1v) is 7.03. The van der Waals surface area contributed by atoms with Crippen LogP contribution in [0, 0.1) is 0 Å². The predicted octanol–water partition coefficient (Wildman–Crippen LogP) is 2.94. The topological polar surface area (TPSA) is 75.4 Å². The van der Waals surface area contributed by atoms with Gasteiger partial charge in [-0.3, -0.25) is 4.79 Å². The molecular weight excluding hydrogens is 288 g/mol. The summed E-state index contributed by atoms with van der Waals surface area (Å²) in [6, 6.07) is 13.8. The second kappa shape index (κ2) is 7.11. The lowest BCUT2D eigenvalue weighted by atomic mass is 10.1. The molecule has 0 saturated heterocycles. The number of nitrogens with one attached hydrogen (secondary N) is 1. The van der Waals surface area contributed by atoms with E-state index in [9.17, 15) is 9.90 Å². The molecule has 0 radical (unpaired) electrons. The van der Waals surface area contributed by atoms with E-state index >= 15 is 0 Å². The van der Waals surface area contributed by atoms with Crippen molar-refractivity contribution in [2.24, 2.45) is 5.73 Å². The number of benzene rings is 2. The fourth-order valence-corrected chi connectivity index (χ4v) is 2.10. The van der Waals surface area contributed by atoms with Gasteiger partial charge in [0.05, 0.1) is 11.1 Å². The number of phenols is 1. The number of aryl methyl sites for hydroxylation is 1. The van der Waals surface area contributed by atoms with Gasteiger partial charge in [0.2, 0.25) is 5.91 Å². The van der Waals surface area contributed by atoms with Crippen molar-refractivity contribution in [2.45, 2.75) is 18.9 Å². The van der Waals surface area contributed by atoms with Gasteiger partial charge in [-0.05, 0) is 36.6 Å². The minimum atomic E-state index is -0.599. The standard InChI is InChI=1S/C16H17ClN2O2/c17-13-10-12(7-9-15(13)20)19-16(21)14(18)8-6-11-4-2-1-3-5-11/h1-5,7,9-10,14,20H,6,8,18H2,(H,19,21). The number of phenolic OH excluding ortho intramolecular Hbond substituents is 1. The SMILES string of the molecule is NC(CCc1ccccc1)C(=O)Nc1ccc(O)c(Cl)c1. The number of nitrogens with two attached hydrogens (primary N) is 1. The quantitative estimate of drug-likeness (QED) is 0.743. The van der Waals surface area contributed by atoms with Crippen LogP contribution in [-0.2, 0) is 11.2 Å². The highest BCUT2D eigenvalue weighted by molar-refractivity contribution is 6.32. The number of anilines is 1. The number of hydrogen-bond acceptors (Lipinski definition) is 3. The smallest absolute Gasteiger partial charge is 0.241 e. The Kier molecular flexibility index (Phi) is 5.20. The van der Waals surface area contributed by atoms with Crippen LogP contribution in [0.4, 0.5) is 5.69 Å². The third-order valence-electron chi connectivity index (χ3n) is 3.14. The Balaban J connectivity index is 1.89. The Morgan fingerprint density at radius 2 is 1.95 bits per heavy atom. The molecule has 0 aliphatic heterocycles. The molecule has 0 fully saturated rings. The van der Waals surface area contributed by atoms with Crippen molar-refractivity contribution in [3.63, 3.8) is 0 Å². The van der Waals surface area contributed by atoms with Gasteiger partial charge in [0.1, 0.15) is 5.75 Å². The number of rotatable bonds is 5. The lowest BCUT2D eigenvalue weighted by Crippen LogP contribution is -2.36. The molecule has 21 heavy (non-hydrogen) atoms. The first kappa shape index (κ1) is 15.4. The molecule has 1 amide bonds. The lowest BCUT2D eigenvalue weighted by molar-refractivity contribution is -0.117. The van der Waals surface area contributed by atoms with Crippen LogP contribution in [-0.4, -0.2) is 17.1 Å². The van der Waals surface area contributed by atoms with E-state index in [1.165, 1.54) is 12.1 Å². The van der Waals surface area contributed by atoms with Crippen molar-refractivity contribution in [3.8, 4) is 5.75 Å². The molecule has 2 rings (SSSR count). The largest absolute Gasteiger partial charge is 0.506 e. The van der Waals surface area contributed by atoms with Crippen LogP contribution in [0.5, 0.6) is 5.75 Å². The van der Waals surface area contributed by atoms with Crippen LogP contribution >= 0.6 is 11.6 Å². The van der Waals surface area contributed by atoms with Gasteiger partial charge in [0.15, 0.2) is 0 Å². The summed E-state index contributed by atoms with van der Waals surface area (Å²) in [6.07, 6.45) is 1.30. The van der Waals surface area contributed by atoms with Crippen molar-refractivity contribution in [1.29, 1.82) is 0 Å². The molecular formula is C16H17ClN2O2. The van der Waals surface area contributed by atoms with Crippen molar-refractivity contribution in [3.05, 3.63) is 59.1 Å². The van der Waals surface area contributed by atoms with E-state index < -0.39 is 6.04 Å². The summed E-state index contributed by atoms with van der Waals surface area (Å²) >= 11 is 5.79. The molecule has 0 heterocycles. The highest BCUT2D eigenvalue weighted by Crippen LogP contribution is 2.26. The third-order valence-corrected chi connectivity index (χ3v) is 3.44. The molecule has 0 bridgehead atoms. The van der Waals surface area contributed by atoms with Crippen molar-refractivity contribution in [1.82, 2.24) is 0 Å². The highest BCUT2D eigenvalue weighted by Gasteiger charge is 2.14. The normalized spacial score (nSPS) is 11.9. The molecule has 0 aliphatic rings. The molecule has 0 aliphatic carbocycles. The van der Waals surface area contributed by atoms with Crippen molar-refractivity contribution in [2.75, 3.05) is 5.32 Å². The van der Waals surface area contributed by atoms with E-state index in [-0.39, 0.29) is 16.7 Å². The van der Waals surface area contributed by atoms with Crippen molar-refractivity contribution < 1.29 is 9.90 Å². The second-order valence-electron chi connectivity index (χ2n) is 4.79. The van der Waals surface area contributed by atoms with E-state index in [0.717, 1.165) is 12.0 Å². The summed E-state index contributed by atoms with van der Waals surface area (Å²) in [6.45, 7) is 0. The second-order valence-corrected chi connectivity index (χ2v) is 5.19. The average molecular weight is 305 g/mol. The molecule has 0 spiro atoms. The van der Waals surface area contributed by atoms with Crippen molar-refractivity contribution >= 4 is 23.2 Å². The molecule has 0 aromatic heterocycles. The molecule has 4 nitrogen and oxygen atoms in total. The summed E-state index contributed by atoms with van der Waals surface area (Å²) in [4.78, 5) is 12.0. The number of aromatic hydroxyl groups is 1. The molecule has 1 unspecified atom stereocenters. The summed E-state index contributed by atoms with van der Waals surface area (Å²) in [7, 11) is 0. The van der Waals surface area contributed by atoms with Crippen LogP contribution in [0.1, 0.15) is 12.0 Å². The minimum Gasteiger partial charge on any atom is -0.506 e. The maximum atomic E-state index is 12.0. The highest BCUT2D eigenvalue weighted by atomic mass is 35.5. The van der Waals surface area contributed by atoms with Gasteiger partial charge in [-0.1, -0.05) is 41.9 Å². The fourth-order valence-electron chi connectivity index (χ4n) is 1.92. The zero-order chi connectivity index (χ0) is 15.2. The monoisotopic (exact) mass is 304 g/mol. The molecule has 110 valence electrons. The zero-order valence-electron chi connectivity index (χ0n) is 11.4. The Bertz CT molecular complexity index is 617. The van der Waals surface area contributed by atoms with Crippen LogP contribution in [0.2, 0.25) is 5.02 Å². The van der Waals surface area contributed by atoms with Gasteiger partial charge in [-0.25, -0.2) is 0 Å². The third kappa shape index (κ3) is 4.48. The fraction of sp³-hybridized carbons (Fsp3) is 0.188. The number of hydrogen-bond donors (Lipinski definition) is 3. The molecule has 2 aromatic carbocycles. The molecule has 4 N–H and O–H groups in total. The van der Waals surface area contributed by atoms with Gasteiger partial charge in [0.25, 0.3) is 0 Å². The van der Waals surface area contributed by atoms with Gasteiger partial charge in [0, 0.05) is 5.69 Å². The molecule has 1 atom stereocenters. The lowest BCUT2D eigenvalue weighted by Gasteiger charge is -2.12. The van der Waals surface area contributed by atoms with Gasteiger partial charge >= 0.3 is 0 Å². The Labute approximate surface area is 128 Å². The summed E-state index contributed by atoms with van der Waals surface area (Å²) in [5.41, 5.74) is 7.55. The minimum absolute atomic E-state index is 0.0250. The maximum absolute atomic E-state index is 12.0.